The smallest absolute Gasteiger partial charge is 0.282 e. The van der Waals surface area contributed by atoms with E-state index in [4.69, 9.17) is 0 Å². The van der Waals surface area contributed by atoms with Crippen molar-refractivity contribution >= 4 is 27.9 Å². The highest BCUT2D eigenvalue weighted by atomic mass is 32.1. The second-order valence-corrected chi connectivity index (χ2v) is 7.31. The Morgan fingerprint density at radius 2 is 1.92 bits per heavy atom. The molecule has 0 unspecified atom stereocenters. The summed E-state index contributed by atoms with van der Waals surface area (Å²) in [4.78, 5) is 31.2. The van der Waals surface area contributed by atoms with Gasteiger partial charge >= 0.3 is 0 Å². The molecule has 1 aromatic carbocycles. The molecule has 0 aliphatic heterocycles. The van der Waals surface area contributed by atoms with Gasteiger partial charge in [-0.3, -0.25) is 14.0 Å². The highest BCUT2D eigenvalue weighted by Crippen LogP contribution is 2.21. The molecule has 130 valence electrons. The maximum absolute atomic E-state index is 12.7. The van der Waals surface area contributed by atoms with E-state index in [-0.39, 0.29) is 17.2 Å². The molecule has 25 heavy (non-hydrogen) atoms. The van der Waals surface area contributed by atoms with Gasteiger partial charge < -0.3 is 5.32 Å². The number of hydrogen-bond donors (Lipinski definition) is 1. The molecule has 0 radical (unpaired) electrons. The van der Waals surface area contributed by atoms with Gasteiger partial charge in [0.15, 0.2) is 4.96 Å². The Labute approximate surface area is 150 Å². The van der Waals surface area contributed by atoms with Crippen molar-refractivity contribution in [2.24, 2.45) is 0 Å². The Balaban J connectivity index is 1.73. The molecule has 0 aliphatic rings. The lowest BCUT2D eigenvalue weighted by molar-refractivity contribution is -0.116. The summed E-state index contributed by atoms with van der Waals surface area (Å²) in [6.45, 7) is 5.61. The molecular formula is C19H21N3O2S. The largest absolute Gasteiger partial charge is 0.320 e. The number of fused-ring (bicyclic) bond motifs is 1. The van der Waals surface area contributed by atoms with Crippen LogP contribution in [-0.4, -0.2) is 15.3 Å². The minimum absolute atomic E-state index is 0.150. The quantitative estimate of drug-likeness (QED) is 0.760. The molecule has 3 aromatic rings. The number of carbonyl (C=O) groups is 1. The zero-order chi connectivity index (χ0) is 18.0. The Morgan fingerprint density at radius 1 is 1.20 bits per heavy atom. The van der Waals surface area contributed by atoms with Crippen LogP contribution in [-0.2, 0) is 11.2 Å². The van der Waals surface area contributed by atoms with E-state index < -0.39 is 0 Å². The maximum atomic E-state index is 12.7. The number of hydrogen-bond acceptors (Lipinski definition) is 4. The molecule has 2 heterocycles. The first-order valence-corrected chi connectivity index (χ1v) is 9.12. The van der Waals surface area contributed by atoms with E-state index >= 15 is 0 Å². The third kappa shape index (κ3) is 3.64. The topological polar surface area (TPSA) is 63.5 Å². The summed E-state index contributed by atoms with van der Waals surface area (Å²) in [6.07, 6.45) is 1.95. The van der Waals surface area contributed by atoms with Crippen molar-refractivity contribution in [3.63, 3.8) is 0 Å². The molecule has 0 saturated heterocycles. The number of benzene rings is 1. The summed E-state index contributed by atoms with van der Waals surface area (Å²) < 4.78 is 1.58. The zero-order valence-electron chi connectivity index (χ0n) is 14.6. The first-order valence-electron chi connectivity index (χ1n) is 8.30. The van der Waals surface area contributed by atoms with Crippen LogP contribution in [0.4, 0.5) is 5.69 Å². The van der Waals surface area contributed by atoms with Gasteiger partial charge in [0.1, 0.15) is 5.69 Å². The van der Waals surface area contributed by atoms with Gasteiger partial charge in [0.05, 0.1) is 5.69 Å². The molecule has 0 atom stereocenters. The molecule has 0 aliphatic carbocycles. The predicted octanol–water partition coefficient (Wildman–Crippen LogP) is 3.64. The third-order valence-electron chi connectivity index (χ3n) is 4.30. The van der Waals surface area contributed by atoms with Crippen molar-refractivity contribution in [1.82, 2.24) is 9.38 Å². The first-order chi connectivity index (χ1) is 12.0. The van der Waals surface area contributed by atoms with E-state index in [1.807, 2.05) is 44.2 Å². The third-order valence-corrected chi connectivity index (χ3v) is 5.36. The molecule has 5 nitrogen and oxygen atoms in total. The summed E-state index contributed by atoms with van der Waals surface area (Å²) in [6, 6.07) is 10.1. The van der Waals surface area contributed by atoms with Crippen LogP contribution in [0.2, 0.25) is 0 Å². The minimum Gasteiger partial charge on any atom is -0.320 e. The van der Waals surface area contributed by atoms with Gasteiger partial charge in [-0.2, -0.15) is 0 Å². The normalized spacial score (nSPS) is 11.0. The number of thiazole rings is 1. The lowest BCUT2D eigenvalue weighted by Gasteiger charge is -2.08. The lowest BCUT2D eigenvalue weighted by atomic mass is 10.1. The molecule has 6 heteroatoms. The second kappa shape index (κ2) is 7.19. The number of nitrogens with one attached hydrogen (secondary N) is 1. The van der Waals surface area contributed by atoms with Gasteiger partial charge in [-0.25, -0.2) is 4.98 Å². The Kier molecular flexibility index (Phi) is 4.99. The molecule has 1 amide bonds. The average molecular weight is 355 g/mol. The monoisotopic (exact) mass is 355 g/mol. The van der Waals surface area contributed by atoms with Crippen molar-refractivity contribution in [3.8, 4) is 0 Å². The number of carbonyl (C=O) groups excluding carboxylic acids is 1. The Bertz CT molecular complexity index is 974. The van der Waals surface area contributed by atoms with Gasteiger partial charge in [-0.1, -0.05) is 30.3 Å². The van der Waals surface area contributed by atoms with Gasteiger partial charge in [-0.15, -0.1) is 11.3 Å². The van der Waals surface area contributed by atoms with E-state index in [1.165, 1.54) is 16.9 Å². The van der Waals surface area contributed by atoms with E-state index in [9.17, 15) is 9.59 Å². The number of nitrogens with zero attached hydrogens (tertiary/aromatic N) is 2. The van der Waals surface area contributed by atoms with Crippen LogP contribution < -0.4 is 10.9 Å². The summed E-state index contributed by atoms with van der Waals surface area (Å²) in [7, 11) is 0. The number of anilines is 1. The van der Waals surface area contributed by atoms with Crippen LogP contribution in [0.15, 0.2) is 35.1 Å². The minimum atomic E-state index is -0.208. The van der Waals surface area contributed by atoms with E-state index in [1.54, 1.807) is 11.3 Å². The molecule has 0 bridgehead atoms. The molecule has 0 spiro atoms. The summed E-state index contributed by atoms with van der Waals surface area (Å²) in [5, 5.41) is 2.76. The van der Waals surface area contributed by atoms with Crippen LogP contribution in [0.5, 0.6) is 0 Å². The Morgan fingerprint density at radius 3 is 2.64 bits per heavy atom. The van der Waals surface area contributed by atoms with Crippen molar-refractivity contribution in [2.75, 3.05) is 5.32 Å². The van der Waals surface area contributed by atoms with Gasteiger partial charge in [0, 0.05) is 17.0 Å². The first kappa shape index (κ1) is 17.4. The summed E-state index contributed by atoms with van der Waals surface area (Å²) in [5.41, 5.74) is 2.71. The fourth-order valence-electron chi connectivity index (χ4n) is 2.78. The SMILES string of the molecule is Cc1nc2sc(C)c(C)n2c(=O)c1NC(=O)CCCc1ccccc1. The molecule has 0 saturated carbocycles. The van der Waals surface area contributed by atoms with Crippen molar-refractivity contribution in [2.45, 2.75) is 40.0 Å². The van der Waals surface area contributed by atoms with E-state index in [2.05, 4.69) is 10.3 Å². The fourth-order valence-corrected chi connectivity index (χ4v) is 3.79. The van der Waals surface area contributed by atoms with Gasteiger partial charge in [0.2, 0.25) is 5.91 Å². The molecule has 3 rings (SSSR count). The van der Waals surface area contributed by atoms with Crippen molar-refractivity contribution in [1.29, 1.82) is 0 Å². The van der Waals surface area contributed by atoms with Crippen molar-refractivity contribution in [3.05, 3.63) is 62.5 Å². The standard InChI is InChI=1S/C19H21N3O2S/c1-12-17(18(24)22-13(2)14(3)25-19(22)20-12)21-16(23)11-7-10-15-8-5-4-6-9-15/h4-6,8-9H,7,10-11H2,1-3H3,(H,21,23). The number of aryl methyl sites for hydroxylation is 4. The van der Waals surface area contributed by atoms with Gasteiger partial charge in [0.25, 0.3) is 5.56 Å². The summed E-state index contributed by atoms with van der Waals surface area (Å²) in [5.74, 6) is -0.150. The molecule has 0 fully saturated rings. The van der Waals surface area contributed by atoms with Crippen LogP contribution in [0.1, 0.15) is 34.7 Å². The number of rotatable bonds is 5. The lowest BCUT2D eigenvalue weighted by Crippen LogP contribution is -2.25. The van der Waals surface area contributed by atoms with E-state index in [0.717, 1.165) is 23.4 Å². The highest BCUT2D eigenvalue weighted by Gasteiger charge is 2.16. The van der Waals surface area contributed by atoms with Gasteiger partial charge in [-0.05, 0) is 39.2 Å². The second-order valence-electron chi connectivity index (χ2n) is 6.13. The maximum Gasteiger partial charge on any atom is 0.282 e. The van der Waals surface area contributed by atoms with Crippen LogP contribution in [0.25, 0.3) is 4.96 Å². The molecular weight excluding hydrogens is 334 g/mol. The van der Waals surface area contributed by atoms with Crippen LogP contribution >= 0.6 is 11.3 Å². The van der Waals surface area contributed by atoms with Crippen molar-refractivity contribution < 1.29 is 4.79 Å². The number of aromatic nitrogens is 2. The van der Waals surface area contributed by atoms with Crippen LogP contribution in [0, 0.1) is 20.8 Å². The summed E-state index contributed by atoms with van der Waals surface area (Å²) >= 11 is 1.49. The average Bonchev–Trinajstić information content (AvgIpc) is 2.86. The van der Waals surface area contributed by atoms with Crippen LogP contribution in [0.3, 0.4) is 0 Å². The molecule has 2 aromatic heterocycles. The predicted molar refractivity (Wildman–Crippen MR) is 102 cm³/mol. The molecule has 1 N–H and O–H groups in total. The number of amides is 1. The van der Waals surface area contributed by atoms with E-state index in [0.29, 0.717) is 17.1 Å². The highest BCUT2D eigenvalue weighted by molar-refractivity contribution is 7.17. The fraction of sp³-hybridized carbons (Fsp3) is 0.316. The Hall–Kier alpha value is -2.47. The zero-order valence-corrected chi connectivity index (χ0v) is 15.4.